The zero-order valence-electron chi connectivity index (χ0n) is 38.4. The highest BCUT2D eigenvalue weighted by molar-refractivity contribution is 6.10. The summed E-state index contributed by atoms with van der Waals surface area (Å²) in [5.41, 5.74) is 11.2. The number of anilines is 1. The van der Waals surface area contributed by atoms with Crippen LogP contribution in [-0.4, -0.2) is 46.6 Å². The first-order valence-corrected chi connectivity index (χ1v) is 23.6. The van der Waals surface area contributed by atoms with Gasteiger partial charge in [-0.15, -0.1) is 0 Å². The van der Waals surface area contributed by atoms with Crippen molar-refractivity contribution in [1.82, 2.24) is 0 Å². The van der Waals surface area contributed by atoms with Crippen LogP contribution in [0.15, 0.2) is 115 Å². The van der Waals surface area contributed by atoms with Crippen molar-refractivity contribution in [3.63, 3.8) is 0 Å². The Hall–Kier alpha value is -5.72. The van der Waals surface area contributed by atoms with Crippen molar-refractivity contribution in [1.29, 1.82) is 0 Å². The molecule has 1 saturated heterocycles. The molecule has 64 heavy (non-hydrogen) atoms. The first kappa shape index (κ1) is 41.0. The molecule has 6 aromatic carbocycles. The van der Waals surface area contributed by atoms with Gasteiger partial charge in [0.2, 0.25) is 0 Å². The van der Waals surface area contributed by atoms with E-state index in [1.54, 1.807) is 14.2 Å². The normalized spacial score (nSPS) is 20.1. The molecule has 11 rings (SSSR count). The minimum absolute atomic E-state index is 0.113. The highest BCUT2D eigenvalue weighted by Crippen LogP contribution is 2.67. The van der Waals surface area contributed by atoms with E-state index in [1.807, 2.05) is 24.3 Å². The summed E-state index contributed by atoms with van der Waals surface area (Å²) in [4.78, 5) is 2.42. The molecule has 0 bridgehead atoms. The average molecular weight is 852 g/mol. The molecule has 3 fully saturated rings. The number of nitrogens with zero attached hydrogens (tertiary/aromatic N) is 1. The predicted molar refractivity (Wildman–Crippen MR) is 259 cm³/mol. The molecule has 2 aliphatic heterocycles. The molecule has 2 saturated carbocycles. The van der Waals surface area contributed by atoms with Crippen molar-refractivity contribution in [2.45, 2.75) is 89.8 Å². The molecular formula is C58H61NO5. The molecule has 0 N–H and O–H groups in total. The van der Waals surface area contributed by atoms with Crippen LogP contribution in [0.5, 0.6) is 23.0 Å². The van der Waals surface area contributed by atoms with E-state index in [1.165, 1.54) is 58.2 Å². The highest BCUT2D eigenvalue weighted by Gasteiger charge is 2.55. The van der Waals surface area contributed by atoms with Crippen LogP contribution in [0.25, 0.3) is 39.1 Å². The maximum atomic E-state index is 7.95. The first-order valence-electron chi connectivity index (χ1n) is 23.6. The largest absolute Gasteiger partial charge is 0.497 e. The van der Waals surface area contributed by atoms with Crippen LogP contribution >= 0.6 is 0 Å². The van der Waals surface area contributed by atoms with Crippen LogP contribution in [0.2, 0.25) is 0 Å². The van der Waals surface area contributed by atoms with E-state index in [9.17, 15) is 0 Å². The third kappa shape index (κ3) is 6.78. The van der Waals surface area contributed by atoms with Gasteiger partial charge in [-0.3, -0.25) is 0 Å². The van der Waals surface area contributed by atoms with Crippen LogP contribution in [0.1, 0.15) is 100 Å². The van der Waals surface area contributed by atoms with E-state index in [0.717, 1.165) is 103 Å². The summed E-state index contributed by atoms with van der Waals surface area (Å²) < 4.78 is 32.2. The van der Waals surface area contributed by atoms with Crippen LogP contribution in [0.3, 0.4) is 0 Å². The molecule has 6 aromatic rings. The van der Waals surface area contributed by atoms with Gasteiger partial charge >= 0.3 is 0 Å². The monoisotopic (exact) mass is 851 g/mol. The summed E-state index contributed by atoms with van der Waals surface area (Å²) in [5.74, 6) is 3.47. The van der Waals surface area contributed by atoms with E-state index >= 15 is 0 Å². The lowest BCUT2D eigenvalue weighted by Gasteiger charge is -2.52. The van der Waals surface area contributed by atoms with Crippen LogP contribution in [0.4, 0.5) is 5.69 Å². The summed E-state index contributed by atoms with van der Waals surface area (Å²) in [7, 11) is 3.43. The smallest absolute Gasteiger partial charge is 0.178 e. The number of hydrogen-bond acceptors (Lipinski definition) is 6. The number of benzene rings is 6. The van der Waals surface area contributed by atoms with Gasteiger partial charge in [0.1, 0.15) is 23.0 Å². The average Bonchev–Trinajstić information content (AvgIpc) is 3.92. The molecule has 0 radical (unpaired) electrons. The van der Waals surface area contributed by atoms with Gasteiger partial charge in [0.15, 0.2) is 5.60 Å². The van der Waals surface area contributed by atoms with E-state index in [-0.39, 0.29) is 22.3 Å². The quantitative estimate of drug-likeness (QED) is 0.152. The van der Waals surface area contributed by atoms with Crippen molar-refractivity contribution < 1.29 is 23.7 Å². The fourth-order valence-corrected chi connectivity index (χ4v) is 13.0. The summed E-state index contributed by atoms with van der Waals surface area (Å²) in [6, 6.07) is 39.9. The standard InChI is InChI=1S/C58H61NO5/c1-55(2)35-56(3,4)37-57(36-55)50-14-10-9-13-45(50)52-48-34-51(63-44-11-7-8-12-44)47(38-15-21-41(22-16-38)59-29-31-62-32-30-59)33-49(48)54-46(53(52)57)27-28-58(64-54,39-17-23-42(60-5)24-18-39)40-19-25-43(61-6)26-20-40/h9-10,13-28,33-34,44H,7-8,11-12,29-32,35-37H2,1-6H3. The molecule has 2 heterocycles. The van der Waals surface area contributed by atoms with Crippen molar-refractivity contribution >= 4 is 22.5 Å². The van der Waals surface area contributed by atoms with Gasteiger partial charge in [-0.1, -0.05) is 94.4 Å². The van der Waals surface area contributed by atoms with Crippen molar-refractivity contribution in [3.05, 3.63) is 143 Å². The third-order valence-electron chi connectivity index (χ3n) is 15.0. The van der Waals surface area contributed by atoms with Gasteiger partial charge in [0.25, 0.3) is 0 Å². The molecular weight excluding hydrogens is 791 g/mol. The van der Waals surface area contributed by atoms with Gasteiger partial charge in [-0.2, -0.15) is 0 Å². The van der Waals surface area contributed by atoms with Crippen LogP contribution in [0, 0.1) is 10.8 Å². The second kappa shape index (κ2) is 15.5. The Morgan fingerprint density at radius 1 is 0.656 bits per heavy atom. The molecule has 0 aromatic heterocycles. The lowest BCUT2D eigenvalue weighted by atomic mass is 9.52. The molecule has 0 amide bonds. The SMILES string of the molecule is COc1ccc(C2(c3ccc(OC)cc3)C=Cc3c4c(c5cc(OC6CCCC6)c(-c6ccc(N7CCOCC7)cc6)cc5c3O2)-c2ccccc2C42CC(C)(C)CC(C)(C)C2)cc1. The Kier molecular flexibility index (Phi) is 9.92. The van der Waals surface area contributed by atoms with Crippen LogP contribution in [-0.2, 0) is 15.8 Å². The molecule has 1 spiro atoms. The van der Waals surface area contributed by atoms with Gasteiger partial charge < -0.3 is 28.6 Å². The Morgan fingerprint density at radius 3 is 1.91 bits per heavy atom. The molecule has 6 heteroatoms. The van der Waals surface area contributed by atoms with Gasteiger partial charge in [0, 0.05) is 51.8 Å². The molecule has 3 aliphatic carbocycles. The molecule has 0 atom stereocenters. The lowest BCUT2D eigenvalue weighted by Crippen LogP contribution is -2.44. The molecule has 0 unspecified atom stereocenters. The third-order valence-corrected chi connectivity index (χ3v) is 15.0. The minimum atomic E-state index is -0.949. The first-order chi connectivity index (χ1) is 31.0. The fraction of sp³-hybridized carbons (Fsp3) is 0.379. The Morgan fingerprint density at radius 2 is 1.28 bits per heavy atom. The summed E-state index contributed by atoms with van der Waals surface area (Å²) in [6.45, 7) is 13.2. The second-order valence-corrected chi connectivity index (χ2v) is 20.7. The van der Waals surface area contributed by atoms with E-state index in [4.69, 9.17) is 23.7 Å². The topological polar surface area (TPSA) is 49.4 Å². The Balaban J connectivity index is 1.21. The number of morpholine rings is 1. The van der Waals surface area contributed by atoms with Gasteiger partial charge in [0.05, 0.1) is 33.5 Å². The second-order valence-electron chi connectivity index (χ2n) is 20.7. The molecule has 6 nitrogen and oxygen atoms in total. The van der Waals surface area contributed by atoms with Crippen molar-refractivity contribution in [3.8, 4) is 45.3 Å². The van der Waals surface area contributed by atoms with E-state index < -0.39 is 5.60 Å². The predicted octanol–water partition coefficient (Wildman–Crippen LogP) is 13.5. The van der Waals surface area contributed by atoms with Crippen molar-refractivity contribution in [2.24, 2.45) is 10.8 Å². The number of methoxy groups -OCH3 is 2. The lowest BCUT2D eigenvalue weighted by molar-refractivity contribution is 0.0642. The maximum Gasteiger partial charge on any atom is 0.178 e. The van der Waals surface area contributed by atoms with Gasteiger partial charge in [-0.25, -0.2) is 0 Å². The summed E-state index contributed by atoms with van der Waals surface area (Å²) in [5, 5.41) is 2.28. The molecule has 328 valence electrons. The summed E-state index contributed by atoms with van der Waals surface area (Å²) >= 11 is 0. The molecule has 5 aliphatic rings. The number of hydrogen-bond donors (Lipinski definition) is 0. The number of rotatable bonds is 8. The minimum Gasteiger partial charge on any atom is -0.497 e. The van der Waals surface area contributed by atoms with E-state index in [0.29, 0.717) is 0 Å². The number of fused-ring (bicyclic) bond motifs is 10. The number of ether oxygens (including phenoxy) is 5. The fourth-order valence-electron chi connectivity index (χ4n) is 13.0. The van der Waals surface area contributed by atoms with Crippen molar-refractivity contribution in [2.75, 3.05) is 45.4 Å². The maximum absolute atomic E-state index is 7.95. The van der Waals surface area contributed by atoms with E-state index in [2.05, 4.69) is 130 Å². The van der Waals surface area contributed by atoms with Gasteiger partial charge in [-0.05, 0) is 144 Å². The summed E-state index contributed by atoms with van der Waals surface area (Å²) in [6.07, 6.45) is 12.7. The Labute approximate surface area is 379 Å². The highest BCUT2D eigenvalue weighted by atomic mass is 16.5. The Bertz CT molecular complexity index is 2690. The van der Waals surface area contributed by atoms with Crippen LogP contribution < -0.4 is 23.8 Å². The zero-order chi connectivity index (χ0) is 43.8. The zero-order valence-corrected chi connectivity index (χ0v) is 38.4.